The lowest BCUT2D eigenvalue weighted by Gasteiger charge is -2.35. The molecule has 3 amide bonds. The highest BCUT2D eigenvalue weighted by molar-refractivity contribution is 7.89. The third kappa shape index (κ3) is 9.45. The molecule has 5 rings (SSSR count). The minimum atomic E-state index is -3.97. The average molecular weight is 735 g/mol. The Morgan fingerprint density at radius 2 is 1.75 bits per heavy atom. The number of benzene rings is 4. The average Bonchev–Trinajstić information content (AvgIpc) is 3.13. The van der Waals surface area contributed by atoms with E-state index in [1.165, 1.54) is 28.4 Å². The highest BCUT2D eigenvalue weighted by Gasteiger charge is 2.32. The van der Waals surface area contributed by atoms with Crippen molar-refractivity contribution >= 4 is 44.1 Å². The van der Waals surface area contributed by atoms with Crippen molar-refractivity contribution in [2.24, 2.45) is 5.92 Å². The maximum atomic E-state index is 14.5. The number of hydrogen-bond donors (Lipinski definition) is 3. The summed E-state index contributed by atoms with van der Waals surface area (Å²) in [5, 5.41) is 17.9. The summed E-state index contributed by atoms with van der Waals surface area (Å²) >= 11 is 0. The van der Waals surface area contributed by atoms with Gasteiger partial charge in [-0.05, 0) is 87.0 Å². The highest BCUT2D eigenvalue weighted by atomic mass is 32.2. The number of hydrogen-bond acceptors (Lipinski definition) is 7. The number of anilines is 2. The van der Waals surface area contributed by atoms with Crippen LogP contribution in [0.15, 0.2) is 89.8 Å². The number of rotatable bonds is 8. The molecule has 13 heteroatoms. The molecule has 4 atom stereocenters. The van der Waals surface area contributed by atoms with Gasteiger partial charge in [0.15, 0.2) is 0 Å². The molecular weight excluding hydrogens is 688 g/mol. The largest absolute Gasteiger partial charge is 0.490 e. The summed E-state index contributed by atoms with van der Waals surface area (Å²) in [7, 11) is -2.52. The third-order valence-corrected chi connectivity index (χ3v) is 11.1. The van der Waals surface area contributed by atoms with Gasteiger partial charge in [0.1, 0.15) is 11.6 Å². The number of aliphatic hydroxyl groups is 1. The van der Waals surface area contributed by atoms with Crippen molar-refractivity contribution in [3.05, 3.63) is 96.3 Å². The van der Waals surface area contributed by atoms with Gasteiger partial charge in [0.25, 0.3) is 5.91 Å². The first kappa shape index (κ1) is 38.7. The molecule has 0 fully saturated rings. The summed E-state index contributed by atoms with van der Waals surface area (Å²) in [5.41, 5.74) is 1.19. The van der Waals surface area contributed by atoms with Crippen LogP contribution >= 0.6 is 0 Å². The van der Waals surface area contributed by atoms with Crippen LogP contribution in [0.25, 0.3) is 10.8 Å². The van der Waals surface area contributed by atoms with Gasteiger partial charge >= 0.3 is 6.03 Å². The van der Waals surface area contributed by atoms with Crippen molar-refractivity contribution in [3.8, 4) is 5.75 Å². The van der Waals surface area contributed by atoms with Gasteiger partial charge in [-0.15, -0.1) is 0 Å². The van der Waals surface area contributed by atoms with E-state index in [1.54, 1.807) is 25.1 Å². The monoisotopic (exact) mass is 734 g/mol. The van der Waals surface area contributed by atoms with Crippen molar-refractivity contribution in [3.63, 3.8) is 0 Å². The summed E-state index contributed by atoms with van der Waals surface area (Å²) in [6, 6.07) is 21.8. The predicted molar refractivity (Wildman–Crippen MR) is 200 cm³/mol. The fourth-order valence-electron chi connectivity index (χ4n) is 6.22. The first-order valence-electron chi connectivity index (χ1n) is 17.5. The van der Waals surface area contributed by atoms with Crippen LogP contribution in [0.2, 0.25) is 0 Å². The third-order valence-electron chi connectivity index (χ3n) is 9.31. The lowest BCUT2D eigenvalue weighted by atomic mass is 10.0. The Kier molecular flexibility index (Phi) is 12.9. The zero-order valence-electron chi connectivity index (χ0n) is 29.9. The number of amides is 3. The SMILES string of the molecule is C[C@@H]1CCCCO[C@@H](CN(C)S(=O)(=O)c2ccc(F)cc2)[C@@H](C)CN([C@H](C)CO)C(=O)c2cc(NC(=O)Nc3cccc4ccccc34)ccc2O1. The lowest BCUT2D eigenvalue weighted by Crippen LogP contribution is -2.48. The number of carbonyl (C=O) groups is 2. The summed E-state index contributed by atoms with van der Waals surface area (Å²) in [6.07, 6.45) is 1.25. The van der Waals surface area contributed by atoms with E-state index in [-0.39, 0.29) is 42.2 Å². The minimum Gasteiger partial charge on any atom is -0.490 e. The Labute approximate surface area is 304 Å². The van der Waals surface area contributed by atoms with E-state index in [9.17, 15) is 27.5 Å². The molecule has 0 saturated carbocycles. The van der Waals surface area contributed by atoms with Crippen LogP contribution in [0.3, 0.4) is 0 Å². The number of sulfonamides is 1. The van der Waals surface area contributed by atoms with Gasteiger partial charge < -0.3 is 30.1 Å². The van der Waals surface area contributed by atoms with Crippen molar-refractivity contribution < 1.29 is 37.0 Å². The molecule has 0 aromatic heterocycles. The summed E-state index contributed by atoms with van der Waals surface area (Å²) in [5.74, 6) is -1.02. The quantitative estimate of drug-likeness (QED) is 0.182. The van der Waals surface area contributed by atoms with Gasteiger partial charge in [0.2, 0.25) is 10.0 Å². The molecule has 0 bridgehead atoms. The second kappa shape index (κ2) is 17.3. The zero-order chi connectivity index (χ0) is 37.4. The van der Waals surface area contributed by atoms with Crippen LogP contribution in [0.1, 0.15) is 50.4 Å². The number of ether oxygens (including phenoxy) is 2. The number of nitrogens with one attached hydrogen (secondary N) is 2. The summed E-state index contributed by atoms with van der Waals surface area (Å²) in [4.78, 5) is 29.1. The van der Waals surface area contributed by atoms with E-state index in [4.69, 9.17) is 9.47 Å². The van der Waals surface area contributed by atoms with E-state index in [2.05, 4.69) is 10.6 Å². The molecule has 52 heavy (non-hydrogen) atoms. The van der Waals surface area contributed by atoms with E-state index >= 15 is 0 Å². The molecule has 0 aliphatic carbocycles. The van der Waals surface area contributed by atoms with Crippen LogP contribution in [0.4, 0.5) is 20.6 Å². The van der Waals surface area contributed by atoms with Crippen LogP contribution in [0, 0.1) is 11.7 Å². The molecular formula is C39H47FN4O7S. The molecule has 1 aliphatic heterocycles. The van der Waals surface area contributed by atoms with Gasteiger partial charge in [0.05, 0.1) is 41.0 Å². The second-order valence-electron chi connectivity index (χ2n) is 13.4. The molecule has 1 heterocycles. The van der Waals surface area contributed by atoms with E-state index in [1.807, 2.05) is 56.3 Å². The number of fused-ring (bicyclic) bond motifs is 2. The van der Waals surface area contributed by atoms with Gasteiger partial charge in [0, 0.05) is 43.7 Å². The summed E-state index contributed by atoms with van der Waals surface area (Å²) < 4.78 is 54.1. The van der Waals surface area contributed by atoms with Gasteiger partial charge in [-0.3, -0.25) is 4.79 Å². The molecule has 0 radical (unpaired) electrons. The molecule has 278 valence electrons. The Hall–Kier alpha value is -4.56. The van der Waals surface area contributed by atoms with Gasteiger partial charge in [-0.25, -0.2) is 17.6 Å². The van der Waals surface area contributed by atoms with E-state index < -0.39 is 39.9 Å². The molecule has 3 N–H and O–H groups in total. The zero-order valence-corrected chi connectivity index (χ0v) is 30.7. The van der Waals surface area contributed by atoms with Crippen LogP contribution in [0.5, 0.6) is 5.75 Å². The van der Waals surface area contributed by atoms with E-state index in [0.29, 0.717) is 36.6 Å². The number of urea groups is 1. The van der Waals surface area contributed by atoms with Crippen molar-refractivity contribution in [1.82, 2.24) is 9.21 Å². The number of likely N-dealkylation sites (N-methyl/N-ethyl adjacent to an activating group) is 1. The number of halogens is 1. The van der Waals surface area contributed by atoms with Crippen molar-refractivity contribution in [2.75, 3.05) is 44.0 Å². The molecule has 0 saturated heterocycles. The maximum absolute atomic E-state index is 14.5. The molecule has 1 aliphatic rings. The van der Waals surface area contributed by atoms with Crippen molar-refractivity contribution in [2.45, 2.75) is 63.2 Å². The van der Waals surface area contributed by atoms with Crippen LogP contribution in [-0.4, -0.2) is 86.3 Å². The Morgan fingerprint density at radius 3 is 2.50 bits per heavy atom. The molecule has 4 aromatic carbocycles. The molecule has 11 nitrogen and oxygen atoms in total. The first-order valence-corrected chi connectivity index (χ1v) is 18.9. The normalized spacial score (nSPS) is 19.7. The lowest BCUT2D eigenvalue weighted by molar-refractivity contribution is -0.00834. The molecule has 0 spiro atoms. The Balaban J connectivity index is 1.41. The smallest absolute Gasteiger partial charge is 0.323 e. The number of aliphatic hydroxyl groups excluding tert-OH is 1. The van der Waals surface area contributed by atoms with Crippen LogP contribution in [-0.2, 0) is 14.8 Å². The maximum Gasteiger partial charge on any atom is 0.323 e. The molecule has 4 aromatic rings. The van der Waals surface area contributed by atoms with Crippen LogP contribution < -0.4 is 15.4 Å². The van der Waals surface area contributed by atoms with E-state index in [0.717, 1.165) is 29.3 Å². The topological polar surface area (TPSA) is 138 Å². The number of carbonyl (C=O) groups excluding carboxylic acids is 2. The summed E-state index contributed by atoms with van der Waals surface area (Å²) in [6.45, 7) is 5.63. The predicted octanol–water partition coefficient (Wildman–Crippen LogP) is 6.74. The fourth-order valence-corrected chi connectivity index (χ4v) is 7.40. The van der Waals surface area contributed by atoms with Crippen molar-refractivity contribution in [1.29, 1.82) is 0 Å². The van der Waals surface area contributed by atoms with Gasteiger partial charge in [-0.1, -0.05) is 43.3 Å². The standard InChI is InChI=1S/C39H47FN4O7S/c1-26-23-44(27(2)25-45)38(46)34-22-31(41-39(47)42-35-14-9-12-29-11-5-6-13-33(29)35)17-20-36(34)51-28(3)10-7-8-21-50-37(26)24-43(4)52(48,49)32-18-15-30(40)16-19-32/h5-6,9,11-20,22,26-28,37,45H,7-8,10,21,23-25H2,1-4H3,(H2,41,42,47)/t26-,27+,28+,37-/m0/s1. The Bertz CT molecular complexity index is 1950. The minimum absolute atomic E-state index is 0.0214. The fraction of sp³-hybridized carbons (Fsp3) is 0.385. The second-order valence-corrected chi connectivity index (χ2v) is 15.4. The highest BCUT2D eigenvalue weighted by Crippen LogP contribution is 2.30. The van der Waals surface area contributed by atoms with Gasteiger partial charge in [-0.2, -0.15) is 4.31 Å². The number of nitrogens with zero attached hydrogens (tertiary/aromatic N) is 2. The Morgan fingerprint density at radius 1 is 1.02 bits per heavy atom. The first-order chi connectivity index (χ1) is 24.9. The molecule has 0 unspecified atom stereocenters.